The number of carbonyl (C=O) groups excluding carboxylic acids is 1. The molecule has 0 bridgehead atoms. The molecule has 0 unspecified atom stereocenters. The summed E-state index contributed by atoms with van der Waals surface area (Å²) >= 11 is 0. The van der Waals surface area contributed by atoms with Crippen LogP contribution in [0.5, 0.6) is 0 Å². The fraction of sp³-hybridized carbons (Fsp3) is 0.667. The van der Waals surface area contributed by atoms with Crippen LogP contribution in [-0.2, 0) is 9.53 Å². The molecule has 0 radical (unpaired) electrons. The summed E-state index contributed by atoms with van der Waals surface area (Å²) in [6.45, 7) is 6.47. The Kier molecular flexibility index (Phi) is 10.4. The summed E-state index contributed by atoms with van der Waals surface area (Å²) in [5.74, 6) is 5.68. The van der Waals surface area contributed by atoms with E-state index in [4.69, 9.17) is 4.74 Å². The molecule has 0 spiro atoms. The molecule has 0 heterocycles. The monoisotopic (exact) mass is 236 g/mol. The number of carbonyl (C=O) groups is 1. The minimum atomic E-state index is -0.285. The Morgan fingerprint density at radius 2 is 1.88 bits per heavy atom. The normalized spacial score (nSPS) is 10.6. The topological polar surface area (TPSA) is 26.3 Å². The van der Waals surface area contributed by atoms with E-state index < -0.39 is 0 Å². The first kappa shape index (κ1) is 15.8. The van der Waals surface area contributed by atoms with Gasteiger partial charge in [-0.2, -0.15) is 0 Å². The molecule has 0 amide bonds. The zero-order valence-electron chi connectivity index (χ0n) is 11.3. The number of hydrogen-bond donors (Lipinski definition) is 0. The van der Waals surface area contributed by atoms with Crippen molar-refractivity contribution in [3.8, 4) is 11.8 Å². The van der Waals surface area contributed by atoms with Crippen LogP contribution in [0.3, 0.4) is 0 Å². The first-order valence-electron chi connectivity index (χ1n) is 6.62. The highest BCUT2D eigenvalue weighted by Crippen LogP contribution is 2.04. The standard InChI is InChI=1S/C15H24O2/c1-4-7-9-11-13-14(12-10-8-5-2)15(16)17-6-3/h12H,4-10H2,1-3H3/b14-12-. The van der Waals surface area contributed by atoms with Crippen molar-refractivity contribution in [3.63, 3.8) is 0 Å². The van der Waals surface area contributed by atoms with Gasteiger partial charge in [0.15, 0.2) is 0 Å². The Morgan fingerprint density at radius 3 is 2.47 bits per heavy atom. The smallest absolute Gasteiger partial charge is 0.346 e. The van der Waals surface area contributed by atoms with E-state index in [0.29, 0.717) is 12.2 Å². The first-order valence-corrected chi connectivity index (χ1v) is 6.62. The summed E-state index contributed by atoms with van der Waals surface area (Å²) < 4.78 is 4.98. The highest BCUT2D eigenvalue weighted by molar-refractivity contribution is 5.93. The average molecular weight is 236 g/mol. The molecule has 2 nitrogen and oxygen atoms in total. The summed E-state index contributed by atoms with van der Waals surface area (Å²) in [5, 5.41) is 0. The van der Waals surface area contributed by atoms with Crippen molar-refractivity contribution >= 4 is 5.97 Å². The molecule has 0 aromatic heterocycles. The number of allylic oxidation sites excluding steroid dienone is 1. The number of unbranched alkanes of at least 4 members (excludes halogenated alkanes) is 4. The van der Waals surface area contributed by atoms with Crippen LogP contribution in [-0.4, -0.2) is 12.6 Å². The second kappa shape index (κ2) is 11.3. The van der Waals surface area contributed by atoms with Crippen molar-refractivity contribution in [1.82, 2.24) is 0 Å². The van der Waals surface area contributed by atoms with Gasteiger partial charge in [0.05, 0.1) is 6.61 Å². The number of ether oxygens (including phenoxy) is 1. The Hall–Kier alpha value is -1.23. The van der Waals surface area contributed by atoms with Crippen molar-refractivity contribution in [3.05, 3.63) is 11.6 Å². The van der Waals surface area contributed by atoms with Gasteiger partial charge >= 0.3 is 5.97 Å². The molecule has 0 aliphatic rings. The summed E-state index contributed by atoms with van der Waals surface area (Å²) in [5.41, 5.74) is 0.524. The quantitative estimate of drug-likeness (QED) is 0.290. The second-order valence-corrected chi connectivity index (χ2v) is 3.89. The fourth-order valence-electron chi connectivity index (χ4n) is 1.27. The highest BCUT2D eigenvalue weighted by atomic mass is 16.5. The summed E-state index contributed by atoms with van der Waals surface area (Å²) in [6.07, 6.45) is 8.06. The maximum absolute atomic E-state index is 11.6. The predicted octanol–water partition coefficient (Wildman–Crippen LogP) is 3.86. The zero-order valence-corrected chi connectivity index (χ0v) is 11.3. The molecular weight excluding hydrogens is 212 g/mol. The van der Waals surface area contributed by atoms with Gasteiger partial charge in [-0.05, 0) is 19.8 Å². The molecule has 0 aromatic rings. The van der Waals surface area contributed by atoms with Gasteiger partial charge < -0.3 is 4.74 Å². The lowest BCUT2D eigenvalue weighted by atomic mass is 10.1. The van der Waals surface area contributed by atoms with Gasteiger partial charge in [-0.15, -0.1) is 0 Å². The molecule has 0 fully saturated rings. The van der Waals surface area contributed by atoms with Crippen molar-refractivity contribution in [1.29, 1.82) is 0 Å². The summed E-state index contributed by atoms with van der Waals surface area (Å²) in [7, 11) is 0. The van der Waals surface area contributed by atoms with Crippen molar-refractivity contribution in [2.45, 2.75) is 59.3 Å². The molecule has 0 rings (SSSR count). The Labute approximate surface area is 105 Å². The lowest BCUT2D eigenvalue weighted by Crippen LogP contribution is -2.06. The molecule has 17 heavy (non-hydrogen) atoms. The number of esters is 1. The summed E-state index contributed by atoms with van der Waals surface area (Å²) in [6, 6.07) is 0. The van der Waals surface area contributed by atoms with Crippen LogP contribution in [0, 0.1) is 11.8 Å². The lowest BCUT2D eigenvalue weighted by molar-refractivity contribution is -0.138. The van der Waals surface area contributed by atoms with Crippen LogP contribution in [0.25, 0.3) is 0 Å². The fourth-order valence-corrected chi connectivity index (χ4v) is 1.27. The maximum atomic E-state index is 11.6. The van der Waals surface area contributed by atoms with Crippen molar-refractivity contribution in [2.24, 2.45) is 0 Å². The van der Waals surface area contributed by atoms with Gasteiger partial charge in [-0.3, -0.25) is 0 Å². The second-order valence-electron chi connectivity index (χ2n) is 3.89. The van der Waals surface area contributed by atoms with Gasteiger partial charge in [-0.1, -0.05) is 51.0 Å². The molecule has 0 saturated carbocycles. The van der Waals surface area contributed by atoms with Crippen LogP contribution < -0.4 is 0 Å². The molecule has 0 aromatic carbocycles. The number of hydrogen-bond acceptors (Lipinski definition) is 2. The van der Waals surface area contributed by atoms with Crippen molar-refractivity contribution < 1.29 is 9.53 Å². The van der Waals surface area contributed by atoms with Gasteiger partial charge in [0, 0.05) is 6.42 Å². The van der Waals surface area contributed by atoms with Crippen LogP contribution in [0.15, 0.2) is 11.6 Å². The average Bonchev–Trinajstić information content (AvgIpc) is 2.32. The third-order valence-corrected chi connectivity index (χ3v) is 2.28. The third kappa shape index (κ3) is 8.56. The minimum Gasteiger partial charge on any atom is -0.462 e. The van der Waals surface area contributed by atoms with Crippen molar-refractivity contribution in [2.75, 3.05) is 6.61 Å². The van der Waals surface area contributed by atoms with Crippen LogP contribution in [0.4, 0.5) is 0 Å². The number of rotatable bonds is 7. The van der Waals surface area contributed by atoms with E-state index >= 15 is 0 Å². The Bertz CT molecular complexity index is 292. The molecule has 0 atom stereocenters. The lowest BCUT2D eigenvalue weighted by Gasteiger charge is -2.00. The van der Waals surface area contributed by atoms with E-state index in [9.17, 15) is 4.79 Å². The van der Waals surface area contributed by atoms with Gasteiger partial charge in [0.25, 0.3) is 0 Å². The molecule has 96 valence electrons. The van der Waals surface area contributed by atoms with E-state index in [0.717, 1.165) is 38.5 Å². The molecular formula is C15H24O2. The van der Waals surface area contributed by atoms with E-state index in [-0.39, 0.29) is 5.97 Å². The summed E-state index contributed by atoms with van der Waals surface area (Å²) in [4.78, 5) is 11.6. The highest BCUT2D eigenvalue weighted by Gasteiger charge is 2.06. The van der Waals surface area contributed by atoms with Crippen LogP contribution in [0.1, 0.15) is 59.3 Å². The maximum Gasteiger partial charge on any atom is 0.346 e. The van der Waals surface area contributed by atoms with Gasteiger partial charge in [0.2, 0.25) is 0 Å². The minimum absolute atomic E-state index is 0.285. The zero-order chi connectivity index (χ0) is 12.9. The van der Waals surface area contributed by atoms with Crippen LogP contribution in [0.2, 0.25) is 0 Å². The third-order valence-electron chi connectivity index (χ3n) is 2.28. The molecule has 0 aliphatic carbocycles. The molecule has 0 N–H and O–H groups in total. The SMILES string of the molecule is CCCCC#C/C(=C/CCCC)C(=O)OCC. The van der Waals surface area contributed by atoms with Crippen LogP contribution >= 0.6 is 0 Å². The molecule has 0 aliphatic heterocycles. The predicted molar refractivity (Wildman–Crippen MR) is 71.5 cm³/mol. The van der Waals surface area contributed by atoms with E-state index in [1.165, 1.54) is 0 Å². The molecule has 0 saturated heterocycles. The largest absolute Gasteiger partial charge is 0.462 e. The molecule has 2 heteroatoms. The Morgan fingerprint density at radius 1 is 1.18 bits per heavy atom. The van der Waals surface area contributed by atoms with E-state index in [1.54, 1.807) is 0 Å². The van der Waals surface area contributed by atoms with Gasteiger partial charge in [-0.25, -0.2) is 4.79 Å². The van der Waals surface area contributed by atoms with Gasteiger partial charge in [0.1, 0.15) is 5.57 Å². The Balaban J connectivity index is 4.42. The first-order chi connectivity index (χ1) is 8.26. The van der Waals surface area contributed by atoms with E-state index in [1.807, 2.05) is 13.0 Å². The van der Waals surface area contributed by atoms with E-state index in [2.05, 4.69) is 25.7 Å².